The maximum absolute atomic E-state index is 11.4. The van der Waals surface area contributed by atoms with E-state index in [9.17, 15) is 4.79 Å². The van der Waals surface area contributed by atoms with Gasteiger partial charge in [0.25, 0.3) is 0 Å². The van der Waals surface area contributed by atoms with Crippen molar-refractivity contribution in [1.29, 1.82) is 0 Å². The summed E-state index contributed by atoms with van der Waals surface area (Å²) in [6, 6.07) is 3.82. The standard InChI is InChI=1S/C11H11N5OS2/c1-2-5-13-9(17)7-19-11-15-14-10(16(11)12)8-4-3-6-18-8/h1,3-4,6H,5,7,12H2,(H,13,17). The highest BCUT2D eigenvalue weighted by atomic mass is 32.2. The number of rotatable bonds is 5. The Morgan fingerprint density at radius 2 is 2.47 bits per heavy atom. The summed E-state index contributed by atoms with van der Waals surface area (Å²) in [5.74, 6) is 8.84. The highest BCUT2D eigenvalue weighted by molar-refractivity contribution is 7.99. The Labute approximate surface area is 118 Å². The smallest absolute Gasteiger partial charge is 0.231 e. The molecule has 2 rings (SSSR count). The highest BCUT2D eigenvalue weighted by Crippen LogP contribution is 2.24. The molecule has 0 fully saturated rings. The van der Waals surface area contributed by atoms with Crippen LogP contribution in [0, 0.1) is 12.3 Å². The van der Waals surface area contributed by atoms with Gasteiger partial charge in [0, 0.05) is 0 Å². The molecule has 0 radical (unpaired) electrons. The van der Waals surface area contributed by atoms with Gasteiger partial charge in [-0.1, -0.05) is 23.7 Å². The van der Waals surface area contributed by atoms with Crippen molar-refractivity contribution in [3.8, 4) is 23.0 Å². The second-order valence-electron chi connectivity index (χ2n) is 3.42. The Kier molecular flexibility index (Phi) is 4.43. The van der Waals surface area contributed by atoms with E-state index in [1.807, 2.05) is 17.5 Å². The number of nitrogen functional groups attached to an aromatic ring is 1. The molecule has 0 spiro atoms. The number of nitrogens with two attached hydrogens (primary N) is 1. The number of thiophene rings is 1. The van der Waals surface area contributed by atoms with Crippen LogP contribution in [0.15, 0.2) is 22.7 Å². The molecule has 2 heterocycles. The summed E-state index contributed by atoms with van der Waals surface area (Å²) in [6.07, 6.45) is 5.05. The molecule has 6 nitrogen and oxygen atoms in total. The van der Waals surface area contributed by atoms with Crippen LogP contribution in [0.1, 0.15) is 0 Å². The molecule has 98 valence electrons. The van der Waals surface area contributed by atoms with Crippen LogP contribution in [0.5, 0.6) is 0 Å². The maximum Gasteiger partial charge on any atom is 0.231 e. The zero-order valence-corrected chi connectivity index (χ0v) is 11.5. The van der Waals surface area contributed by atoms with Gasteiger partial charge in [0.1, 0.15) is 0 Å². The average Bonchev–Trinajstić information content (AvgIpc) is 3.03. The van der Waals surface area contributed by atoms with E-state index in [2.05, 4.69) is 21.4 Å². The Hall–Kier alpha value is -1.98. The molecule has 0 bridgehead atoms. The number of thioether (sulfide) groups is 1. The highest BCUT2D eigenvalue weighted by Gasteiger charge is 2.13. The first-order valence-corrected chi connectivity index (χ1v) is 7.16. The van der Waals surface area contributed by atoms with Gasteiger partial charge in [-0.25, -0.2) is 4.68 Å². The van der Waals surface area contributed by atoms with E-state index < -0.39 is 0 Å². The molecule has 0 saturated heterocycles. The summed E-state index contributed by atoms with van der Waals surface area (Å²) < 4.78 is 1.38. The first-order chi connectivity index (χ1) is 9.22. The molecule has 0 unspecified atom stereocenters. The maximum atomic E-state index is 11.4. The predicted octanol–water partition coefficient (Wildman–Crippen LogP) is 0.562. The Bertz CT molecular complexity index is 599. The largest absolute Gasteiger partial charge is 0.344 e. The minimum Gasteiger partial charge on any atom is -0.344 e. The molecule has 0 atom stereocenters. The van der Waals surface area contributed by atoms with Crippen molar-refractivity contribution in [2.75, 3.05) is 18.1 Å². The molecule has 2 aromatic rings. The normalized spacial score (nSPS) is 10.1. The second-order valence-corrected chi connectivity index (χ2v) is 5.31. The summed E-state index contributed by atoms with van der Waals surface area (Å²) in [4.78, 5) is 12.3. The fourth-order valence-electron chi connectivity index (χ4n) is 1.28. The molecule has 0 saturated carbocycles. The first kappa shape index (κ1) is 13.5. The predicted molar refractivity (Wildman–Crippen MR) is 76.1 cm³/mol. The number of nitrogens with zero attached hydrogens (tertiary/aromatic N) is 3. The van der Waals surface area contributed by atoms with E-state index in [0.717, 1.165) is 4.88 Å². The van der Waals surface area contributed by atoms with Crippen molar-refractivity contribution in [2.45, 2.75) is 5.16 Å². The molecular weight excluding hydrogens is 282 g/mol. The van der Waals surface area contributed by atoms with Gasteiger partial charge in [0.15, 0.2) is 5.82 Å². The lowest BCUT2D eigenvalue weighted by Gasteiger charge is -2.02. The van der Waals surface area contributed by atoms with E-state index in [-0.39, 0.29) is 18.2 Å². The van der Waals surface area contributed by atoms with E-state index in [1.54, 1.807) is 0 Å². The Morgan fingerprint density at radius 1 is 1.63 bits per heavy atom. The number of hydrogen-bond donors (Lipinski definition) is 2. The summed E-state index contributed by atoms with van der Waals surface area (Å²) >= 11 is 2.74. The van der Waals surface area contributed by atoms with Gasteiger partial charge >= 0.3 is 0 Å². The third kappa shape index (κ3) is 3.27. The average molecular weight is 293 g/mol. The van der Waals surface area contributed by atoms with Gasteiger partial charge in [-0.05, 0) is 11.4 Å². The lowest BCUT2D eigenvalue weighted by molar-refractivity contribution is -0.118. The number of terminal acetylenes is 1. The van der Waals surface area contributed by atoms with Crippen molar-refractivity contribution >= 4 is 29.0 Å². The van der Waals surface area contributed by atoms with Crippen LogP contribution < -0.4 is 11.2 Å². The summed E-state index contributed by atoms with van der Waals surface area (Å²) in [6.45, 7) is 0.217. The van der Waals surface area contributed by atoms with Crippen molar-refractivity contribution in [2.24, 2.45) is 0 Å². The summed E-state index contributed by atoms with van der Waals surface area (Å²) in [7, 11) is 0. The van der Waals surface area contributed by atoms with Crippen molar-refractivity contribution in [3.63, 3.8) is 0 Å². The monoisotopic (exact) mass is 293 g/mol. The van der Waals surface area contributed by atoms with Gasteiger partial charge in [0.05, 0.1) is 17.2 Å². The number of hydrogen-bond acceptors (Lipinski definition) is 6. The van der Waals surface area contributed by atoms with Crippen LogP contribution >= 0.6 is 23.1 Å². The second kappa shape index (κ2) is 6.26. The van der Waals surface area contributed by atoms with Crippen LogP contribution in [-0.2, 0) is 4.79 Å². The topological polar surface area (TPSA) is 85.8 Å². The zero-order chi connectivity index (χ0) is 13.7. The van der Waals surface area contributed by atoms with Crippen molar-refractivity contribution < 1.29 is 4.79 Å². The molecule has 8 heteroatoms. The molecule has 1 amide bonds. The summed E-state index contributed by atoms with van der Waals surface area (Å²) in [5.41, 5.74) is 0. The number of nitrogens with one attached hydrogen (secondary N) is 1. The zero-order valence-electron chi connectivity index (χ0n) is 9.87. The molecule has 0 aliphatic heterocycles. The van der Waals surface area contributed by atoms with Crippen LogP contribution in [0.4, 0.5) is 0 Å². The number of carbonyl (C=O) groups excluding carboxylic acids is 1. The van der Waals surface area contributed by atoms with Gasteiger partial charge in [0.2, 0.25) is 11.1 Å². The third-order valence-electron chi connectivity index (χ3n) is 2.13. The molecule has 0 aromatic carbocycles. The fourth-order valence-corrected chi connectivity index (χ4v) is 2.67. The fraction of sp³-hybridized carbons (Fsp3) is 0.182. The van der Waals surface area contributed by atoms with Gasteiger partial charge in [-0.2, -0.15) is 0 Å². The molecule has 3 N–H and O–H groups in total. The van der Waals surface area contributed by atoms with Crippen LogP contribution in [0.2, 0.25) is 0 Å². The van der Waals surface area contributed by atoms with E-state index in [1.165, 1.54) is 27.8 Å². The van der Waals surface area contributed by atoms with Gasteiger partial charge < -0.3 is 11.2 Å². The molecule has 2 aromatic heterocycles. The SMILES string of the molecule is C#CCNC(=O)CSc1nnc(-c2cccs2)n1N. The van der Waals surface area contributed by atoms with Crippen LogP contribution in [-0.4, -0.2) is 33.1 Å². The lowest BCUT2D eigenvalue weighted by atomic mass is 10.4. The van der Waals surface area contributed by atoms with Crippen molar-refractivity contribution in [1.82, 2.24) is 20.2 Å². The van der Waals surface area contributed by atoms with Gasteiger partial charge in [-0.15, -0.1) is 28.0 Å². The van der Waals surface area contributed by atoms with E-state index in [4.69, 9.17) is 12.3 Å². The minimum absolute atomic E-state index is 0.163. The number of amides is 1. The number of carbonyl (C=O) groups is 1. The van der Waals surface area contributed by atoms with Crippen LogP contribution in [0.25, 0.3) is 10.7 Å². The minimum atomic E-state index is -0.163. The first-order valence-electron chi connectivity index (χ1n) is 5.29. The lowest BCUT2D eigenvalue weighted by Crippen LogP contribution is -2.25. The number of aromatic nitrogens is 3. The summed E-state index contributed by atoms with van der Waals surface area (Å²) in [5, 5.41) is 13.0. The molecular formula is C11H11N5OS2. The van der Waals surface area contributed by atoms with Gasteiger partial charge in [-0.3, -0.25) is 4.79 Å². The molecule has 0 aliphatic carbocycles. The van der Waals surface area contributed by atoms with Crippen molar-refractivity contribution in [3.05, 3.63) is 17.5 Å². The van der Waals surface area contributed by atoms with Crippen LogP contribution in [0.3, 0.4) is 0 Å². The molecule has 0 aliphatic rings. The third-order valence-corrected chi connectivity index (χ3v) is 3.93. The molecule has 19 heavy (non-hydrogen) atoms. The quantitative estimate of drug-likeness (QED) is 0.478. The van der Waals surface area contributed by atoms with E-state index >= 15 is 0 Å². The van der Waals surface area contributed by atoms with E-state index in [0.29, 0.717) is 11.0 Å². The Morgan fingerprint density at radius 3 is 3.16 bits per heavy atom. The Balaban J connectivity index is 1.99.